The van der Waals surface area contributed by atoms with E-state index in [1.54, 1.807) is 24.4 Å². The predicted molar refractivity (Wildman–Crippen MR) is 71.8 cm³/mol. The highest BCUT2D eigenvalue weighted by atomic mass is 18.2. The van der Waals surface area contributed by atoms with Gasteiger partial charge in [-0.15, -0.1) is 0 Å². The van der Waals surface area contributed by atoms with Gasteiger partial charge in [0.15, 0.2) is 0 Å². The third-order valence-corrected chi connectivity index (χ3v) is 2.68. The molecule has 0 aromatic carbocycles. The maximum atomic E-state index is 13.0. The van der Waals surface area contributed by atoms with Gasteiger partial charge in [-0.3, -0.25) is 4.98 Å². The lowest BCUT2D eigenvalue weighted by atomic mass is 10.3. The van der Waals surface area contributed by atoms with Gasteiger partial charge in [0.2, 0.25) is 5.95 Å². The number of nitrogens with one attached hydrogen (secondary N) is 1. The molecule has 0 radical (unpaired) electrons. The number of pyridine rings is 3. The summed E-state index contributed by atoms with van der Waals surface area (Å²) in [5.41, 5.74) is 3.03. The summed E-state index contributed by atoms with van der Waals surface area (Å²) in [5, 5.41) is 3.18. The maximum absolute atomic E-state index is 13.0. The van der Waals surface area contributed by atoms with E-state index in [2.05, 4.69) is 20.3 Å². The van der Waals surface area contributed by atoms with E-state index in [9.17, 15) is 4.39 Å². The Bertz CT molecular complexity index is 742. The van der Waals surface area contributed by atoms with Gasteiger partial charge in [0.25, 0.3) is 0 Å². The number of halogens is 1. The molecular formula is C14H11FN4. The van der Waals surface area contributed by atoms with Crippen LogP contribution < -0.4 is 5.32 Å². The highest BCUT2D eigenvalue weighted by Crippen LogP contribution is 2.18. The summed E-state index contributed by atoms with van der Waals surface area (Å²) >= 11 is 0. The normalized spacial score (nSPS) is 10.6. The number of rotatable bonds is 2. The van der Waals surface area contributed by atoms with Crippen molar-refractivity contribution >= 4 is 22.5 Å². The number of aryl methyl sites for hydroxylation is 1. The Balaban J connectivity index is 1.95. The molecule has 0 atom stereocenters. The fourth-order valence-electron chi connectivity index (χ4n) is 1.83. The SMILES string of the molecule is Cc1cc(Nc2ccc3nc([18F])ccc3n2)ccn1. The Labute approximate surface area is 109 Å². The summed E-state index contributed by atoms with van der Waals surface area (Å²) in [7, 11) is 0. The molecule has 1 N–H and O–H groups in total. The quantitative estimate of drug-likeness (QED) is 0.712. The molecule has 0 saturated heterocycles. The number of hydrogen-bond acceptors (Lipinski definition) is 4. The molecule has 3 aromatic heterocycles. The highest BCUT2D eigenvalue weighted by Gasteiger charge is 2.02. The number of aromatic nitrogens is 3. The highest BCUT2D eigenvalue weighted by molar-refractivity contribution is 5.76. The first kappa shape index (κ1) is 11.5. The van der Waals surface area contributed by atoms with Crippen LogP contribution in [0.15, 0.2) is 42.6 Å². The molecule has 0 saturated carbocycles. The van der Waals surface area contributed by atoms with E-state index in [-0.39, 0.29) is 0 Å². The molecule has 0 amide bonds. The third kappa shape index (κ3) is 2.49. The summed E-state index contributed by atoms with van der Waals surface area (Å²) < 4.78 is 13.0. The first-order chi connectivity index (χ1) is 9.20. The lowest BCUT2D eigenvalue weighted by molar-refractivity contribution is 0.589. The molecule has 0 unspecified atom stereocenters. The van der Waals surface area contributed by atoms with E-state index < -0.39 is 5.95 Å². The minimum absolute atomic E-state index is 0.500. The van der Waals surface area contributed by atoms with E-state index in [1.165, 1.54) is 6.07 Å². The Morgan fingerprint density at radius 1 is 1.00 bits per heavy atom. The third-order valence-electron chi connectivity index (χ3n) is 2.68. The van der Waals surface area contributed by atoms with Crippen molar-refractivity contribution in [1.82, 2.24) is 15.0 Å². The Hall–Kier alpha value is -2.56. The minimum Gasteiger partial charge on any atom is -0.340 e. The molecule has 94 valence electrons. The molecule has 19 heavy (non-hydrogen) atoms. The number of hydrogen-bond donors (Lipinski definition) is 1. The Kier molecular flexibility index (Phi) is 2.79. The maximum Gasteiger partial charge on any atom is 0.213 e. The van der Waals surface area contributed by atoms with Gasteiger partial charge in [-0.1, -0.05) is 0 Å². The van der Waals surface area contributed by atoms with Crippen LogP contribution >= 0.6 is 0 Å². The van der Waals surface area contributed by atoms with Crippen molar-refractivity contribution in [1.29, 1.82) is 0 Å². The van der Waals surface area contributed by atoms with E-state index in [0.717, 1.165) is 11.4 Å². The first-order valence-corrected chi connectivity index (χ1v) is 5.84. The van der Waals surface area contributed by atoms with Crippen LogP contribution in [-0.2, 0) is 0 Å². The van der Waals surface area contributed by atoms with Crippen LogP contribution in [0.2, 0.25) is 0 Å². The van der Waals surface area contributed by atoms with Gasteiger partial charge in [0.1, 0.15) is 5.82 Å². The molecule has 0 aliphatic heterocycles. The molecule has 5 heteroatoms. The lowest BCUT2D eigenvalue weighted by Crippen LogP contribution is -1.95. The van der Waals surface area contributed by atoms with Crippen LogP contribution in [0.25, 0.3) is 11.0 Å². The summed E-state index contributed by atoms with van der Waals surface area (Å²) in [6, 6.07) is 10.2. The second-order valence-electron chi connectivity index (χ2n) is 4.18. The van der Waals surface area contributed by atoms with E-state index in [0.29, 0.717) is 16.9 Å². The molecule has 3 heterocycles. The van der Waals surface area contributed by atoms with E-state index in [4.69, 9.17) is 0 Å². The molecule has 3 rings (SSSR count). The Morgan fingerprint density at radius 3 is 2.63 bits per heavy atom. The molecule has 0 spiro atoms. The molecule has 3 aromatic rings. The van der Waals surface area contributed by atoms with Crippen LogP contribution in [0, 0.1) is 12.9 Å². The van der Waals surface area contributed by atoms with Crippen LogP contribution in [0.4, 0.5) is 15.9 Å². The summed E-state index contributed by atoms with van der Waals surface area (Å²) in [6.07, 6.45) is 1.73. The number of anilines is 2. The zero-order valence-electron chi connectivity index (χ0n) is 10.3. The minimum atomic E-state index is -0.500. The predicted octanol–water partition coefficient (Wildman–Crippen LogP) is 3.22. The van der Waals surface area contributed by atoms with Crippen molar-refractivity contribution in [2.75, 3.05) is 5.32 Å². The smallest absolute Gasteiger partial charge is 0.213 e. The molecule has 4 nitrogen and oxygen atoms in total. The van der Waals surface area contributed by atoms with Gasteiger partial charge >= 0.3 is 0 Å². The topological polar surface area (TPSA) is 50.7 Å². The van der Waals surface area contributed by atoms with Crippen molar-refractivity contribution in [3.8, 4) is 0 Å². The zero-order chi connectivity index (χ0) is 13.2. The zero-order valence-corrected chi connectivity index (χ0v) is 10.3. The van der Waals surface area contributed by atoms with Crippen molar-refractivity contribution < 1.29 is 4.39 Å². The summed E-state index contributed by atoms with van der Waals surface area (Å²) in [5.74, 6) is 0.186. The molecule has 0 aliphatic rings. The monoisotopic (exact) mass is 253 g/mol. The van der Waals surface area contributed by atoms with Crippen LogP contribution in [0.1, 0.15) is 5.69 Å². The van der Waals surface area contributed by atoms with Crippen molar-refractivity contribution in [2.45, 2.75) is 6.92 Å². The standard InChI is InChI=1S/C14H11FN4/c1-9-8-10(6-7-16-9)17-14-5-3-11-12(19-14)2-4-13(15)18-11/h2-8H,1H3,(H,16,17,19)/i15-1. The van der Waals surface area contributed by atoms with Gasteiger partial charge in [0, 0.05) is 17.6 Å². The molecule has 0 bridgehead atoms. The van der Waals surface area contributed by atoms with Gasteiger partial charge in [0.05, 0.1) is 11.0 Å². The van der Waals surface area contributed by atoms with Gasteiger partial charge in [-0.2, -0.15) is 4.39 Å². The summed E-state index contributed by atoms with van der Waals surface area (Å²) in [4.78, 5) is 12.3. The molecule has 0 aliphatic carbocycles. The lowest BCUT2D eigenvalue weighted by Gasteiger charge is -2.06. The van der Waals surface area contributed by atoms with E-state index in [1.807, 2.05) is 19.1 Å². The summed E-state index contributed by atoms with van der Waals surface area (Å²) in [6.45, 7) is 1.92. The average molecular weight is 253 g/mol. The molecular weight excluding hydrogens is 242 g/mol. The van der Waals surface area contributed by atoms with Gasteiger partial charge < -0.3 is 5.32 Å². The van der Waals surface area contributed by atoms with Crippen molar-refractivity contribution in [3.63, 3.8) is 0 Å². The van der Waals surface area contributed by atoms with Crippen LogP contribution in [-0.4, -0.2) is 15.0 Å². The van der Waals surface area contributed by atoms with Crippen molar-refractivity contribution in [2.24, 2.45) is 0 Å². The second-order valence-corrected chi connectivity index (χ2v) is 4.18. The fraction of sp³-hybridized carbons (Fsp3) is 0.0714. The number of fused-ring (bicyclic) bond motifs is 1. The first-order valence-electron chi connectivity index (χ1n) is 5.84. The molecule has 0 fully saturated rings. The van der Waals surface area contributed by atoms with E-state index >= 15 is 0 Å². The van der Waals surface area contributed by atoms with Gasteiger partial charge in [-0.05, 0) is 43.3 Å². The van der Waals surface area contributed by atoms with Gasteiger partial charge in [-0.25, -0.2) is 9.97 Å². The fourth-order valence-corrected chi connectivity index (χ4v) is 1.83. The average Bonchev–Trinajstić information content (AvgIpc) is 2.39. The Morgan fingerprint density at radius 2 is 1.79 bits per heavy atom. The number of nitrogens with zero attached hydrogens (tertiary/aromatic N) is 3. The van der Waals surface area contributed by atoms with Crippen LogP contribution in [0.3, 0.4) is 0 Å². The van der Waals surface area contributed by atoms with Crippen LogP contribution in [0.5, 0.6) is 0 Å². The largest absolute Gasteiger partial charge is 0.340 e. The second kappa shape index (κ2) is 4.61. The van der Waals surface area contributed by atoms with Crippen molar-refractivity contribution in [3.05, 3.63) is 54.2 Å².